The zero-order valence-corrected chi connectivity index (χ0v) is 15.6. The van der Waals surface area contributed by atoms with E-state index < -0.39 is 11.9 Å². The molecule has 3 aromatic rings. The molecule has 144 valence electrons. The molecule has 2 aliphatic rings. The maximum atomic E-state index is 10.5. The van der Waals surface area contributed by atoms with Gasteiger partial charge in [0.2, 0.25) is 5.89 Å². The first kappa shape index (κ1) is 17.2. The monoisotopic (exact) mass is 378 g/mol. The standard InChI is InChI=1S/C20H22N6O2/c1-12-16(18-22-9-10-28-18)24-19(21)26-17(12)23-15(25-26)11-13-3-5-14(6-4-13)20(27)7-2-8-20/h3-6,9-10,19,24,27H,2,7-8,11,21H2,1H3. The minimum Gasteiger partial charge on any atom is -0.443 e. The van der Waals surface area contributed by atoms with E-state index in [2.05, 4.69) is 15.4 Å². The quantitative estimate of drug-likeness (QED) is 0.637. The van der Waals surface area contributed by atoms with Crippen molar-refractivity contribution < 1.29 is 9.52 Å². The molecular weight excluding hydrogens is 356 g/mol. The molecule has 0 bridgehead atoms. The van der Waals surface area contributed by atoms with Gasteiger partial charge < -0.3 is 14.8 Å². The van der Waals surface area contributed by atoms with Gasteiger partial charge in [-0.25, -0.2) is 14.6 Å². The van der Waals surface area contributed by atoms with Crippen molar-refractivity contribution in [3.8, 4) is 0 Å². The highest BCUT2D eigenvalue weighted by molar-refractivity contribution is 5.85. The Bertz CT molecular complexity index is 1030. The van der Waals surface area contributed by atoms with Gasteiger partial charge in [-0.3, -0.25) is 5.73 Å². The fourth-order valence-corrected chi connectivity index (χ4v) is 3.81. The lowest BCUT2D eigenvalue weighted by Gasteiger charge is -2.37. The summed E-state index contributed by atoms with van der Waals surface area (Å²) in [5, 5.41) is 18.2. The van der Waals surface area contributed by atoms with Gasteiger partial charge in [0, 0.05) is 12.0 Å². The van der Waals surface area contributed by atoms with Crippen LogP contribution in [0.15, 0.2) is 41.1 Å². The van der Waals surface area contributed by atoms with Crippen molar-refractivity contribution in [2.24, 2.45) is 5.73 Å². The third kappa shape index (κ3) is 2.73. The van der Waals surface area contributed by atoms with Gasteiger partial charge in [0.05, 0.1) is 11.8 Å². The predicted octanol–water partition coefficient (Wildman–Crippen LogP) is 2.13. The largest absolute Gasteiger partial charge is 0.443 e. The summed E-state index contributed by atoms with van der Waals surface area (Å²) < 4.78 is 7.08. The summed E-state index contributed by atoms with van der Waals surface area (Å²) in [6, 6.07) is 8.07. The maximum Gasteiger partial charge on any atom is 0.242 e. The molecule has 4 N–H and O–H groups in total. The van der Waals surface area contributed by atoms with Crippen LogP contribution in [0.2, 0.25) is 0 Å². The third-order valence-electron chi connectivity index (χ3n) is 5.62. The van der Waals surface area contributed by atoms with Crippen LogP contribution in [0.5, 0.6) is 0 Å². The Hall–Kier alpha value is -2.97. The summed E-state index contributed by atoms with van der Waals surface area (Å²) in [7, 11) is 0. The number of fused-ring (bicyclic) bond motifs is 1. The Morgan fingerprint density at radius 3 is 2.75 bits per heavy atom. The second kappa shape index (κ2) is 6.29. The molecule has 3 heterocycles. The number of oxazole rings is 1. The number of nitrogens with zero attached hydrogens (tertiary/aromatic N) is 4. The fourth-order valence-electron chi connectivity index (χ4n) is 3.81. The van der Waals surface area contributed by atoms with E-state index in [-0.39, 0.29) is 0 Å². The third-order valence-corrected chi connectivity index (χ3v) is 5.62. The molecule has 1 aliphatic heterocycles. The van der Waals surface area contributed by atoms with Crippen LogP contribution < -0.4 is 11.1 Å². The number of aromatic nitrogens is 4. The molecule has 28 heavy (non-hydrogen) atoms. The molecule has 8 nitrogen and oxygen atoms in total. The van der Waals surface area contributed by atoms with Crippen molar-refractivity contribution in [3.05, 3.63) is 65.4 Å². The van der Waals surface area contributed by atoms with Crippen LogP contribution in [-0.2, 0) is 12.0 Å². The summed E-state index contributed by atoms with van der Waals surface area (Å²) in [6.07, 6.45) is 5.92. The Labute approximate surface area is 162 Å². The molecule has 1 aromatic carbocycles. The molecule has 8 heteroatoms. The van der Waals surface area contributed by atoms with E-state index in [1.54, 1.807) is 10.9 Å². The van der Waals surface area contributed by atoms with Crippen molar-refractivity contribution in [1.29, 1.82) is 0 Å². The molecule has 0 spiro atoms. The molecule has 1 unspecified atom stereocenters. The SMILES string of the molecule is CC1=C(c2ncco2)NC(N)n2nc(Cc3ccc(C4(O)CCC4)cc3)nc21. The first-order valence-electron chi connectivity index (χ1n) is 9.44. The Balaban J connectivity index is 1.41. The van der Waals surface area contributed by atoms with Crippen LogP contribution in [0.3, 0.4) is 0 Å². The first-order valence-corrected chi connectivity index (χ1v) is 9.44. The summed E-state index contributed by atoms with van der Waals surface area (Å²) in [5.41, 5.74) is 9.26. The number of allylic oxidation sites excluding steroid dienone is 1. The minimum atomic E-state index is -0.638. The molecule has 1 atom stereocenters. The van der Waals surface area contributed by atoms with Gasteiger partial charge in [-0.1, -0.05) is 24.3 Å². The number of hydrogen-bond donors (Lipinski definition) is 3. The van der Waals surface area contributed by atoms with Gasteiger partial charge in [-0.15, -0.1) is 0 Å². The van der Waals surface area contributed by atoms with Crippen LogP contribution in [0.25, 0.3) is 11.3 Å². The number of benzene rings is 1. The molecule has 2 aromatic heterocycles. The van der Waals surface area contributed by atoms with Crippen LogP contribution in [0.1, 0.15) is 61.1 Å². The minimum absolute atomic E-state index is 0.480. The molecule has 1 fully saturated rings. The van der Waals surface area contributed by atoms with E-state index in [0.717, 1.165) is 41.7 Å². The molecule has 0 saturated heterocycles. The average molecular weight is 378 g/mol. The number of rotatable bonds is 4. The van der Waals surface area contributed by atoms with E-state index in [4.69, 9.17) is 15.1 Å². The zero-order valence-electron chi connectivity index (χ0n) is 15.6. The zero-order chi connectivity index (χ0) is 19.3. The van der Waals surface area contributed by atoms with E-state index in [9.17, 15) is 5.11 Å². The van der Waals surface area contributed by atoms with Crippen LogP contribution in [0, 0.1) is 0 Å². The van der Waals surface area contributed by atoms with Gasteiger partial charge in [-0.05, 0) is 37.3 Å². The van der Waals surface area contributed by atoms with Gasteiger partial charge in [0.1, 0.15) is 12.0 Å². The number of hydrogen-bond acceptors (Lipinski definition) is 7. The van der Waals surface area contributed by atoms with Gasteiger partial charge in [0.15, 0.2) is 17.9 Å². The second-order valence-electron chi connectivity index (χ2n) is 7.48. The highest BCUT2D eigenvalue weighted by Crippen LogP contribution is 2.41. The van der Waals surface area contributed by atoms with E-state index in [1.807, 2.05) is 31.2 Å². The van der Waals surface area contributed by atoms with Crippen LogP contribution in [0.4, 0.5) is 0 Å². The number of nitrogens with two attached hydrogens (primary N) is 1. The summed E-state index contributed by atoms with van der Waals surface area (Å²) in [5.74, 6) is 1.87. The van der Waals surface area contributed by atoms with Crippen molar-refractivity contribution in [1.82, 2.24) is 25.1 Å². The lowest BCUT2D eigenvalue weighted by Crippen LogP contribution is -2.38. The van der Waals surface area contributed by atoms with Crippen molar-refractivity contribution >= 4 is 11.3 Å². The summed E-state index contributed by atoms with van der Waals surface area (Å²) >= 11 is 0. The van der Waals surface area contributed by atoms with E-state index >= 15 is 0 Å². The van der Waals surface area contributed by atoms with Crippen molar-refractivity contribution in [3.63, 3.8) is 0 Å². The molecule has 0 amide bonds. The topological polar surface area (TPSA) is 115 Å². The average Bonchev–Trinajstić information content (AvgIpc) is 3.34. The Morgan fingerprint density at radius 1 is 1.32 bits per heavy atom. The highest BCUT2D eigenvalue weighted by atomic mass is 16.3. The lowest BCUT2D eigenvalue weighted by atomic mass is 9.75. The Kier molecular flexibility index (Phi) is 3.85. The smallest absolute Gasteiger partial charge is 0.242 e. The summed E-state index contributed by atoms with van der Waals surface area (Å²) in [4.78, 5) is 8.88. The molecule has 1 saturated carbocycles. The number of nitrogens with one attached hydrogen (secondary N) is 1. The van der Waals surface area contributed by atoms with Crippen molar-refractivity contribution in [2.45, 2.75) is 44.5 Å². The van der Waals surface area contributed by atoms with Gasteiger partial charge in [-0.2, -0.15) is 5.10 Å². The maximum absolute atomic E-state index is 10.5. The lowest BCUT2D eigenvalue weighted by molar-refractivity contribution is -0.0388. The fraction of sp³-hybridized carbons (Fsp3) is 0.350. The van der Waals surface area contributed by atoms with Gasteiger partial charge >= 0.3 is 0 Å². The molecule has 1 aliphatic carbocycles. The number of aliphatic hydroxyl groups is 1. The van der Waals surface area contributed by atoms with Gasteiger partial charge in [0.25, 0.3) is 0 Å². The Morgan fingerprint density at radius 2 is 2.11 bits per heavy atom. The summed E-state index contributed by atoms with van der Waals surface area (Å²) in [6.45, 7) is 1.94. The van der Waals surface area contributed by atoms with E-state index in [1.165, 1.54) is 6.26 Å². The molecular formula is C20H22N6O2. The second-order valence-corrected chi connectivity index (χ2v) is 7.48. The van der Waals surface area contributed by atoms with Crippen molar-refractivity contribution in [2.75, 3.05) is 0 Å². The molecule has 5 rings (SSSR count). The van der Waals surface area contributed by atoms with Crippen LogP contribution >= 0.6 is 0 Å². The van der Waals surface area contributed by atoms with Crippen LogP contribution in [-0.4, -0.2) is 24.9 Å². The molecule has 0 radical (unpaired) electrons. The van der Waals surface area contributed by atoms with E-state index in [0.29, 0.717) is 24.0 Å². The highest BCUT2D eigenvalue weighted by Gasteiger charge is 2.36. The predicted molar refractivity (Wildman–Crippen MR) is 102 cm³/mol. The normalized spacial score (nSPS) is 20.5. The first-order chi connectivity index (χ1) is 13.5.